The maximum Gasteiger partial charge on any atom is 0.251 e. The second-order valence-electron chi connectivity index (χ2n) is 8.17. The lowest BCUT2D eigenvalue weighted by Crippen LogP contribution is -2.46. The number of hydrogen-bond donors (Lipinski definition) is 1. The number of piperazine rings is 1. The standard InChI is InChI=1S/C27H31N3O3/c1-32-25-12-11-22(18-26(25)33-2)20-29-13-15-30(16-14-29)24-10-6-7-21(17-24)19-28-27(31)23-8-4-3-5-9-23/h3-12,17-18H,13-16,19-20H2,1-2H3,(H,28,31). The number of benzene rings is 3. The fraction of sp³-hybridized carbons (Fsp3) is 0.296. The van der Waals surface area contributed by atoms with Gasteiger partial charge < -0.3 is 19.7 Å². The molecule has 6 heteroatoms. The maximum absolute atomic E-state index is 12.3. The van der Waals surface area contributed by atoms with E-state index in [1.54, 1.807) is 14.2 Å². The molecule has 3 aromatic rings. The van der Waals surface area contributed by atoms with Crippen LogP contribution in [0, 0.1) is 0 Å². The molecule has 1 aliphatic heterocycles. The van der Waals surface area contributed by atoms with Crippen LogP contribution < -0.4 is 19.7 Å². The molecule has 3 aromatic carbocycles. The van der Waals surface area contributed by atoms with Crippen molar-refractivity contribution >= 4 is 11.6 Å². The first-order valence-electron chi connectivity index (χ1n) is 11.3. The first-order chi connectivity index (χ1) is 16.2. The van der Waals surface area contributed by atoms with Gasteiger partial charge in [0.05, 0.1) is 14.2 Å². The highest BCUT2D eigenvalue weighted by Crippen LogP contribution is 2.28. The smallest absolute Gasteiger partial charge is 0.251 e. The Kier molecular flexibility index (Phi) is 7.47. The Morgan fingerprint density at radius 1 is 0.818 bits per heavy atom. The molecule has 0 aromatic heterocycles. The Balaban J connectivity index is 1.30. The molecule has 33 heavy (non-hydrogen) atoms. The molecule has 6 nitrogen and oxygen atoms in total. The topological polar surface area (TPSA) is 54.0 Å². The average Bonchev–Trinajstić information content (AvgIpc) is 2.88. The highest BCUT2D eigenvalue weighted by atomic mass is 16.5. The molecule has 0 aliphatic carbocycles. The molecule has 0 spiro atoms. The zero-order chi connectivity index (χ0) is 23.0. The molecule has 4 rings (SSSR count). The normalized spacial score (nSPS) is 14.1. The minimum atomic E-state index is -0.0511. The van der Waals surface area contributed by atoms with Crippen molar-refractivity contribution in [3.63, 3.8) is 0 Å². The summed E-state index contributed by atoms with van der Waals surface area (Å²) in [4.78, 5) is 17.2. The third kappa shape index (κ3) is 5.84. The molecule has 0 radical (unpaired) electrons. The summed E-state index contributed by atoms with van der Waals surface area (Å²) >= 11 is 0. The van der Waals surface area contributed by atoms with Crippen molar-refractivity contribution in [2.24, 2.45) is 0 Å². The Morgan fingerprint density at radius 2 is 1.58 bits per heavy atom. The van der Waals surface area contributed by atoms with Crippen LogP contribution in [0.2, 0.25) is 0 Å². The Labute approximate surface area is 195 Å². The minimum Gasteiger partial charge on any atom is -0.493 e. The number of hydrogen-bond acceptors (Lipinski definition) is 5. The highest BCUT2D eigenvalue weighted by Gasteiger charge is 2.18. The highest BCUT2D eigenvalue weighted by molar-refractivity contribution is 5.94. The van der Waals surface area contributed by atoms with E-state index in [-0.39, 0.29) is 5.91 Å². The third-order valence-electron chi connectivity index (χ3n) is 5.99. The number of rotatable bonds is 8. The monoisotopic (exact) mass is 445 g/mol. The first kappa shape index (κ1) is 22.7. The molecular formula is C27H31N3O3. The average molecular weight is 446 g/mol. The van der Waals surface area contributed by atoms with Crippen molar-refractivity contribution in [1.82, 2.24) is 10.2 Å². The molecule has 0 unspecified atom stereocenters. The van der Waals surface area contributed by atoms with Crippen LogP contribution in [0.4, 0.5) is 5.69 Å². The first-order valence-corrected chi connectivity index (χ1v) is 11.3. The van der Waals surface area contributed by atoms with Gasteiger partial charge in [-0.2, -0.15) is 0 Å². The van der Waals surface area contributed by atoms with E-state index >= 15 is 0 Å². The number of nitrogens with zero attached hydrogens (tertiary/aromatic N) is 2. The summed E-state index contributed by atoms with van der Waals surface area (Å²) in [7, 11) is 3.32. The van der Waals surface area contributed by atoms with Gasteiger partial charge in [0.25, 0.3) is 5.91 Å². The summed E-state index contributed by atoms with van der Waals surface area (Å²) in [5.74, 6) is 1.47. The van der Waals surface area contributed by atoms with Gasteiger partial charge in [0.2, 0.25) is 0 Å². The van der Waals surface area contributed by atoms with Crippen molar-refractivity contribution in [2.75, 3.05) is 45.3 Å². The van der Waals surface area contributed by atoms with Crippen molar-refractivity contribution in [2.45, 2.75) is 13.1 Å². The maximum atomic E-state index is 12.3. The fourth-order valence-electron chi connectivity index (χ4n) is 4.14. The van der Waals surface area contributed by atoms with Gasteiger partial charge in [0, 0.05) is 50.5 Å². The molecule has 1 fully saturated rings. The van der Waals surface area contributed by atoms with E-state index in [1.807, 2.05) is 36.4 Å². The van der Waals surface area contributed by atoms with Crippen LogP contribution in [0.25, 0.3) is 0 Å². The van der Waals surface area contributed by atoms with E-state index in [4.69, 9.17) is 9.47 Å². The van der Waals surface area contributed by atoms with Crippen LogP contribution in [-0.4, -0.2) is 51.2 Å². The quantitative estimate of drug-likeness (QED) is 0.569. The second-order valence-corrected chi connectivity index (χ2v) is 8.17. The number of amides is 1. The van der Waals surface area contributed by atoms with E-state index in [1.165, 1.54) is 11.3 Å². The Morgan fingerprint density at radius 3 is 2.30 bits per heavy atom. The number of ether oxygens (including phenoxy) is 2. The van der Waals surface area contributed by atoms with E-state index in [0.29, 0.717) is 12.1 Å². The molecule has 1 saturated heterocycles. The van der Waals surface area contributed by atoms with Crippen LogP contribution >= 0.6 is 0 Å². The van der Waals surface area contributed by atoms with Crippen LogP contribution in [0.3, 0.4) is 0 Å². The van der Waals surface area contributed by atoms with Crippen LogP contribution in [0.1, 0.15) is 21.5 Å². The predicted octanol–water partition coefficient (Wildman–Crippen LogP) is 3.96. The lowest BCUT2D eigenvalue weighted by molar-refractivity contribution is 0.0951. The fourth-order valence-corrected chi connectivity index (χ4v) is 4.14. The number of carbonyl (C=O) groups excluding carboxylic acids is 1. The van der Waals surface area contributed by atoms with Gasteiger partial charge in [-0.05, 0) is 47.5 Å². The number of anilines is 1. The summed E-state index contributed by atoms with van der Waals surface area (Å²) in [5.41, 5.74) is 4.20. The van der Waals surface area contributed by atoms with Gasteiger partial charge in [0.1, 0.15) is 0 Å². The van der Waals surface area contributed by atoms with E-state index in [9.17, 15) is 4.79 Å². The molecule has 0 atom stereocenters. The summed E-state index contributed by atoms with van der Waals surface area (Å²) in [6, 6.07) is 23.9. The molecule has 1 N–H and O–H groups in total. The van der Waals surface area contributed by atoms with Gasteiger partial charge >= 0.3 is 0 Å². The van der Waals surface area contributed by atoms with E-state index < -0.39 is 0 Å². The van der Waals surface area contributed by atoms with E-state index in [2.05, 4.69) is 51.5 Å². The molecule has 172 valence electrons. The number of carbonyl (C=O) groups is 1. The predicted molar refractivity (Wildman–Crippen MR) is 131 cm³/mol. The summed E-state index contributed by atoms with van der Waals surface area (Å²) < 4.78 is 10.8. The van der Waals surface area contributed by atoms with E-state index in [0.717, 1.165) is 49.8 Å². The lowest BCUT2D eigenvalue weighted by Gasteiger charge is -2.36. The summed E-state index contributed by atoms with van der Waals surface area (Å²) in [5, 5.41) is 3.01. The molecular weight excluding hydrogens is 414 g/mol. The molecule has 1 amide bonds. The van der Waals surface area contributed by atoms with Gasteiger partial charge in [0.15, 0.2) is 11.5 Å². The van der Waals surface area contributed by atoms with Crippen molar-refractivity contribution in [3.05, 3.63) is 89.5 Å². The molecule has 1 heterocycles. The minimum absolute atomic E-state index is 0.0511. The number of methoxy groups -OCH3 is 2. The largest absolute Gasteiger partial charge is 0.493 e. The summed E-state index contributed by atoms with van der Waals surface area (Å²) in [6.45, 7) is 5.31. The van der Waals surface area contributed by atoms with Gasteiger partial charge in [-0.25, -0.2) is 0 Å². The Bertz CT molecular complexity index is 1060. The molecule has 1 aliphatic rings. The van der Waals surface area contributed by atoms with Crippen molar-refractivity contribution < 1.29 is 14.3 Å². The van der Waals surface area contributed by atoms with Crippen LogP contribution in [-0.2, 0) is 13.1 Å². The van der Waals surface area contributed by atoms with Gasteiger partial charge in [-0.15, -0.1) is 0 Å². The van der Waals surface area contributed by atoms with Crippen molar-refractivity contribution in [1.29, 1.82) is 0 Å². The Hall–Kier alpha value is -3.51. The summed E-state index contributed by atoms with van der Waals surface area (Å²) in [6.07, 6.45) is 0. The van der Waals surface area contributed by atoms with Gasteiger partial charge in [-0.1, -0.05) is 36.4 Å². The van der Waals surface area contributed by atoms with Gasteiger partial charge in [-0.3, -0.25) is 9.69 Å². The third-order valence-corrected chi connectivity index (χ3v) is 5.99. The molecule has 0 bridgehead atoms. The molecule has 0 saturated carbocycles. The van der Waals surface area contributed by atoms with Crippen LogP contribution in [0.5, 0.6) is 11.5 Å². The zero-order valence-corrected chi connectivity index (χ0v) is 19.3. The van der Waals surface area contributed by atoms with Crippen molar-refractivity contribution in [3.8, 4) is 11.5 Å². The SMILES string of the molecule is COc1ccc(CN2CCN(c3cccc(CNC(=O)c4ccccc4)c3)CC2)cc1OC. The second kappa shape index (κ2) is 10.9. The lowest BCUT2D eigenvalue weighted by atomic mass is 10.1. The van der Waals surface area contributed by atoms with Crippen LogP contribution in [0.15, 0.2) is 72.8 Å². The number of nitrogens with one attached hydrogen (secondary N) is 1. The zero-order valence-electron chi connectivity index (χ0n) is 19.3.